The summed E-state index contributed by atoms with van der Waals surface area (Å²) in [7, 11) is 0. The van der Waals surface area contributed by atoms with Crippen LogP contribution in [0.4, 0.5) is 5.69 Å². The van der Waals surface area contributed by atoms with Crippen molar-refractivity contribution in [1.29, 1.82) is 0 Å². The van der Waals surface area contributed by atoms with E-state index in [2.05, 4.69) is 15.6 Å². The molecule has 8 nitrogen and oxygen atoms in total. The number of aliphatic carboxylic acids is 1. The van der Waals surface area contributed by atoms with Crippen LogP contribution in [0.15, 0.2) is 30.5 Å². The van der Waals surface area contributed by atoms with Crippen LogP contribution in [0.2, 0.25) is 0 Å². The molecule has 3 rings (SSSR count). The fraction of sp³-hybridized carbons (Fsp3) is 0.333. The molecule has 1 aromatic carbocycles. The molecule has 27 heavy (non-hydrogen) atoms. The lowest BCUT2D eigenvalue weighted by atomic mass is 10.2. The molecule has 1 aromatic heterocycles. The molecule has 2 aromatic rings. The Kier molecular flexibility index (Phi) is 6.15. The molecule has 142 valence electrons. The first-order chi connectivity index (χ1) is 13.0. The number of nitrogens with one attached hydrogen (secondary N) is 2. The summed E-state index contributed by atoms with van der Waals surface area (Å²) in [6, 6.07) is 6.37. The fourth-order valence-corrected chi connectivity index (χ4v) is 3.49. The zero-order valence-electron chi connectivity index (χ0n) is 14.4. The number of nitrogens with zero attached hydrogens (tertiary/aromatic N) is 1. The molecule has 0 radical (unpaired) electrons. The van der Waals surface area contributed by atoms with Crippen molar-refractivity contribution in [3.63, 3.8) is 0 Å². The third-order valence-electron chi connectivity index (χ3n) is 3.98. The monoisotopic (exact) mass is 389 g/mol. The van der Waals surface area contributed by atoms with Crippen molar-refractivity contribution in [3.8, 4) is 0 Å². The van der Waals surface area contributed by atoms with E-state index in [-0.39, 0.29) is 30.9 Å². The second kappa shape index (κ2) is 8.74. The normalized spacial score (nSPS) is 16.1. The second-order valence-electron chi connectivity index (χ2n) is 6.00. The molecule has 3 N–H and O–H groups in total. The molecule has 0 spiro atoms. The number of carbonyl (C=O) groups excluding carboxylic acids is 2. The van der Waals surface area contributed by atoms with Crippen LogP contribution in [-0.4, -0.2) is 41.0 Å². The summed E-state index contributed by atoms with van der Waals surface area (Å²) in [5.74, 6) is -1.60. The van der Waals surface area contributed by atoms with Crippen LogP contribution in [0, 0.1) is 0 Å². The highest BCUT2D eigenvalue weighted by Crippen LogP contribution is 2.31. The van der Waals surface area contributed by atoms with Gasteiger partial charge in [-0.25, -0.2) is 4.98 Å². The number of rotatable bonds is 7. The highest BCUT2D eigenvalue weighted by Gasteiger charge is 2.22. The highest BCUT2D eigenvalue weighted by molar-refractivity contribution is 7.13. The van der Waals surface area contributed by atoms with E-state index in [1.165, 1.54) is 11.3 Å². The van der Waals surface area contributed by atoms with Gasteiger partial charge in [0.2, 0.25) is 0 Å². The number of hydrogen-bond donors (Lipinski definition) is 3. The van der Waals surface area contributed by atoms with E-state index in [0.29, 0.717) is 16.1 Å². The van der Waals surface area contributed by atoms with Gasteiger partial charge in [-0.05, 0) is 37.1 Å². The van der Waals surface area contributed by atoms with E-state index in [0.717, 1.165) is 24.5 Å². The van der Waals surface area contributed by atoms with Crippen molar-refractivity contribution in [2.24, 2.45) is 0 Å². The van der Waals surface area contributed by atoms with E-state index in [1.807, 2.05) is 0 Å². The minimum atomic E-state index is -0.973. The molecular weight excluding hydrogens is 370 g/mol. The summed E-state index contributed by atoms with van der Waals surface area (Å²) in [6.07, 6.45) is 3.31. The number of ether oxygens (including phenoxy) is 1. The zero-order valence-corrected chi connectivity index (χ0v) is 15.3. The molecule has 1 aliphatic heterocycles. The third kappa shape index (κ3) is 5.11. The van der Waals surface area contributed by atoms with Gasteiger partial charge < -0.3 is 20.5 Å². The Morgan fingerprint density at radius 3 is 2.67 bits per heavy atom. The van der Waals surface area contributed by atoms with E-state index >= 15 is 0 Å². The third-order valence-corrected chi connectivity index (χ3v) is 5.07. The Labute approximate surface area is 159 Å². The zero-order chi connectivity index (χ0) is 19.2. The minimum Gasteiger partial charge on any atom is -0.481 e. The first-order valence-corrected chi connectivity index (χ1v) is 9.33. The van der Waals surface area contributed by atoms with Gasteiger partial charge in [-0.3, -0.25) is 14.4 Å². The number of aromatic nitrogens is 1. The van der Waals surface area contributed by atoms with Crippen LogP contribution in [-0.2, 0) is 9.53 Å². The van der Waals surface area contributed by atoms with Crippen LogP contribution in [0.3, 0.4) is 0 Å². The number of carboxylic acid groups (broad SMARTS) is 1. The van der Waals surface area contributed by atoms with Gasteiger partial charge in [0.15, 0.2) is 0 Å². The van der Waals surface area contributed by atoms with E-state index in [9.17, 15) is 14.4 Å². The molecule has 1 unspecified atom stereocenters. The van der Waals surface area contributed by atoms with Gasteiger partial charge in [0, 0.05) is 24.4 Å². The first-order valence-electron chi connectivity index (χ1n) is 8.51. The SMILES string of the molecule is O=C(O)CCNC(=O)c1ccc(NC(=O)c2cnc(C3CCCO3)s2)cc1. The predicted octanol–water partition coefficient (Wildman–Crippen LogP) is 2.45. The summed E-state index contributed by atoms with van der Waals surface area (Å²) in [6.45, 7) is 0.785. The molecule has 0 bridgehead atoms. The number of amides is 2. The summed E-state index contributed by atoms with van der Waals surface area (Å²) in [5, 5.41) is 14.7. The molecule has 2 amide bonds. The maximum absolute atomic E-state index is 12.3. The quantitative estimate of drug-likeness (QED) is 0.669. The van der Waals surface area contributed by atoms with Crippen LogP contribution < -0.4 is 10.6 Å². The average Bonchev–Trinajstić information content (AvgIpc) is 3.33. The molecule has 0 aliphatic carbocycles. The molecule has 0 saturated carbocycles. The second-order valence-corrected chi connectivity index (χ2v) is 7.06. The number of benzene rings is 1. The lowest BCUT2D eigenvalue weighted by Crippen LogP contribution is -2.25. The van der Waals surface area contributed by atoms with Crippen molar-refractivity contribution < 1.29 is 24.2 Å². The van der Waals surface area contributed by atoms with Crippen molar-refractivity contribution in [2.75, 3.05) is 18.5 Å². The first kappa shape index (κ1) is 19.0. The molecule has 1 aliphatic rings. The summed E-state index contributed by atoms with van der Waals surface area (Å²) in [4.78, 5) is 39.5. The van der Waals surface area contributed by atoms with Crippen LogP contribution in [0.5, 0.6) is 0 Å². The topological polar surface area (TPSA) is 118 Å². The Hall–Kier alpha value is -2.78. The van der Waals surface area contributed by atoms with Gasteiger partial charge in [0.25, 0.3) is 11.8 Å². The van der Waals surface area contributed by atoms with Crippen molar-refractivity contribution in [1.82, 2.24) is 10.3 Å². The number of anilines is 1. The predicted molar refractivity (Wildman–Crippen MR) is 99.0 cm³/mol. The minimum absolute atomic E-state index is 0.0181. The lowest BCUT2D eigenvalue weighted by Gasteiger charge is -2.06. The summed E-state index contributed by atoms with van der Waals surface area (Å²) >= 11 is 1.32. The van der Waals surface area contributed by atoms with Crippen molar-refractivity contribution >= 4 is 34.8 Å². The molecule has 1 fully saturated rings. The molecule has 9 heteroatoms. The van der Waals surface area contributed by atoms with E-state index in [1.54, 1.807) is 30.5 Å². The Morgan fingerprint density at radius 1 is 1.22 bits per heavy atom. The molecule has 1 saturated heterocycles. The van der Waals surface area contributed by atoms with Crippen LogP contribution in [0.1, 0.15) is 50.4 Å². The van der Waals surface area contributed by atoms with E-state index < -0.39 is 5.97 Å². The van der Waals surface area contributed by atoms with Gasteiger partial charge in [0.1, 0.15) is 16.0 Å². The fourth-order valence-electron chi connectivity index (χ4n) is 2.60. The van der Waals surface area contributed by atoms with Crippen molar-refractivity contribution in [2.45, 2.75) is 25.4 Å². The summed E-state index contributed by atoms with van der Waals surface area (Å²) in [5.41, 5.74) is 0.936. The maximum Gasteiger partial charge on any atom is 0.305 e. The van der Waals surface area contributed by atoms with Crippen molar-refractivity contribution in [3.05, 3.63) is 45.9 Å². The molecule has 2 heterocycles. The smallest absolute Gasteiger partial charge is 0.305 e. The number of carboxylic acids is 1. The van der Waals surface area contributed by atoms with Gasteiger partial charge in [-0.1, -0.05) is 0 Å². The van der Waals surface area contributed by atoms with Gasteiger partial charge >= 0.3 is 5.97 Å². The van der Waals surface area contributed by atoms with Crippen LogP contribution in [0.25, 0.3) is 0 Å². The lowest BCUT2D eigenvalue weighted by molar-refractivity contribution is -0.136. The number of carbonyl (C=O) groups is 3. The van der Waals surface area contributed by atoms with Gasteiger partial charge in [-0.2, -0.15) is 0 Å². The Bertz CT molecular complexity index is 828. The Balaban J connectivity index is 1.55. The average molecular weight is 389 g/mol. The standard InChI is InChI=1S/C18H19N3O5S/c22-15(23)7-8-19-16(24)11-3-5-12(6-4-11)21-17(25)14-10-20-18(27-14)13-2-1-9-26-13/h3-6,10,13H,1-2,7-9H2,(H,19,24)(H,21,25)(H,22,23). The molecular formula is C18H19N3O5S. The van der Waals surface area contributed by atoms with E-state index in [4.69, 9.17) is 9.84 Å². The van der Waals surface area contributed by atoms with Crippen LogP contribution >= 0.6 is 11.3 Å². The maximum atomic E-state index is 12.3. The number of thiazole rings is 1. The molecule has 1 atom stereocenters. The largest absolute Gasteiger partial charge is 0.481 e. The van der Waals surface area contributed by atoms with Gasteiger partial charge in [0.05, 0.1) is 12.6 Å². The summed E-state index contributed by atoms with van der Waals surface area (Å²) < 4.78 is 5.57. The Morgan fingerprint density at radius 2 is 2.00 bits per heavy atom. The highest BCUT2D eigenvalue weighted by atomic mass is 32.1. The van der Waals surface area contributed by atoms with Gasteiger partial charge in [-0.15, -0.1) is 11.3 Å². The number of hydrogen-bond acceptors (Lipinski definition) is 6.